The molecule has 7 N–H and O–H groups in total. The number of aryl methyl sites for hydroxylation is 1. The van der Waals surface area contributed by atoms with Crippen molar-refractivity contribution in [3.05, 3.63) is 55.3 Å². The number of aromatic amines is 1. The Morgan fingerprint density at radius 2 is 1.93 bits per heavy atom. The number of hydrogen-bond acceptors (Lipinski definition) is 13. The Bertz CT molecular complexity index is 1530. The van der Waals surface area contributed by atoms with Crippen LogP contribution < -0.4 is 27.6 Å². The number of aromatic nitrogens is 4. The van der Waals surface area contributed by atoms with E-state index in [0.29, 0.717) is 0 Å². The third-order valence-corrected chi connectivity index (χ3v) is 7.47. The number of phosphoric acid groups is 2. The Kier molecular flexibility index (Phi) is 8.39. The molecule has 0 amide bonds. The standard InChI is InChI=1S/C19H27N5O14P2/c1-9-7-24(18(28)22-16(9)26)15-5-12(38-40(32,33)34)19(37-15,8-35-39(29,30)31)6-11-10(25)4-14(36-11)23-3-2-13(20)21-17(23)27/h2-3,7,10-12,14-15,25H,4-6,8H2,1H3,(H2,20,21,27)(H,22,26,28)(H2,29,30,31)(H2,32,33,34)/p-1. The van der Waals surface area contributed by atoms with Crippen LogP contribution in [0.1, 0.15) is 37.3 Å². The maximum absolute atomic E-state index is 12.5. The lowest BCUT2D eigenvalue weighted by atomic mass is 9.89. The first-order valence-electron chi connectivity index (χ1n) is 11.6. The zero-order valence-corrected chi connectivity index (χ0v) is 22.4. The van der Waals surface area contributed by atoms with Crippen LogP contribution in [0.25, 0.3) is 0 Å². The molecule has 2 aromatic heterocycles. The van der Waals surface area contributed by atoms with Gasteiger partial charge < -0.3 is 44.4 Å². The molecule has 19 nitrogen and oxygen atoms in total. The van der Waals surface area contributed by atoms with Gasteiger partial charge in [0.2, 0.25) is 0 Å². The molecule has 7 unspecified atom stereocenters. The molecule has 0 bridgehead atoms. The summed E-state index contributed by atoms with van der Waals surface area (Å²) >= 11 is 0. The van der Waals surface area contributed by atoms with Crippen LogP contribution in [0, 0.1) is 6.92 Å². The molecular formula is C19H26N5O14P2-. The molecule has 2 aliphatic heterocycles. The van der Waals surface area contributed by atoms with Gasteiger partial charge in [0.05, 0.1) is 18.8 Å². The fraction of sp³-hybridized carbons (Fsp3) is 0.579. The van der Waals surface area contributed by atoms with Crippen molar-refractivity contribution in [1.82, 2.24) is 19.1 Å². The maximum Gasteiger partial charge on any atom is 0.469 e. The van der Waals surface area contributed by atoms with Gasteiger partial charge in [0.1, 0.15) is 30.0 Å². The van der Waals surface area contributed by atoms with Crippen molar-refractivity contribution in [3.63, 3.8) is 0 Å². The normalized spacial score (nSPS) is 30.4. The van der Waals surface area contributed by atoms with Crippen molar-refractivity contribution >= 4 is 21.5 Å². The van der Waals surface area contributed by atoms with E-state index in [9.17, 15) is 48.2 Å². The molecule has 0 aliphatic carbocycles. The zero-order valence-electron chi connectivity index (χ0n) is 20.6. The Balaban J connectivity index is 1.72. The summed E-state index contributed by atoms with van der Waals surface area (Å²) in [6.45, 7) is 0.314. The third kappa shape index (κ3) is 6.84. The molecule has 0 spiro atoms. The van der Waals surface area contributed by atoms with Crippen molar-refractivity contribution in [2.45, 2.75) is 62.6 Å². The highest BCUT2D eigenvalue weighted by Gasteiger charge is 2.55. The van der Waals surface area contributed by atoms with E-state index in [1.165, 1.54) is 19.2 Å². The van der Waals surface area contributed by atoms with Gasteiger partial charge in [0.15, 0.2) is 0 Å². The van der Waals surface area contributed by atoms with Gasteiger partial charge >= 0.3 is 19.2 Å². The van der Waals surface area contributed by atoms with Gasteiger partial charge in [-0.05, 0) is 13.0 Å². The number of nitrogen functional groups attached to an aromatic ring is 1. The molecule has 222 valence electrons. The van der Waals surface area contributed by atoms with E-state index >= 15 is 0 Å². The minimum atomic E-state index is -5.53. The van der Waals surface area contributed by atoms with Crippen molar-refractivity contribution in [2.24, 2.45) is 0 Å². The number of anilines is 1. The summed E-state index contributed by atoms with van der Waals surface area (Å²) in [5.74, 6) is -0.0611. The van der Waals surface area contributed by atoms with Crippen LogP contribution >= 0.6 is 15.6 Å². The highest BCUT2D eigenvalue weighted by atomic mass is 31.2. The maximum atomic E-state index is 12.5. The van der Waals surface area contributed by atoms with E-state index in [2.05, 4.69) is 9.51 Å². The highest BCUT2D eigenvalue weighted by molar-refractivity contribution is 7.46. The van der Waals surface area contributed by atoms with Gasteiger partial charge in [-0.25, -0.2) is 14.2 Å². The first kappa shape index (κ1) is 30.4. The highest BCUT2D eigenvalue weighted by Crippen LogP contribution is 2.50. The van der Waals surface area contributed by atoms with Gasteiger partial charge in [0.25, 0.3) is 13.4 Å². The second-order valence-corrected chi connectivity index (χ2v) is 11.7. The van der Waals surface area contributed by atoms with Crippen LogP contribution in [-0.2, 0) is 27.7 Å². The summed E-state index contributed by atoms with van der Waals surface area (Å²) in [4.78, 5) is 82.1. The van der Waals surface area contributed by atoms with Crippen LogP contribution in [0.2, 0.25) is 0 Å². The number of ether oxygens (including phenoxy) is 2. The number of nitrogens with zero attached hydrogens (tertiary/aromatic N) is 3. The second-order valence-electron chi connectivity index (χ2n) is 9.36. The number of nitrogens with two attached hydrogens (primary N) is 1. The Labute approximate surface area is 223 Å². The van der Waals surface area contributed by atoms with E-state index in [0.717, 1.165) is 15.3 Å². The molecule has 0 aromatic carbocycles. The number of hydrogen-bond donors (Lipinski definition) is 6. The van der Waals surface area contributed by atoms with Crippen molar-refractivity contribution in [3.8, 4) is 0 Å². The Morgan fingerprint density at radius 3 is 2.55 bits per heavy atom. The summed E-state index contributed by atoms with van der Waals surface area (Å²) in [7, 11) is -10.7. The van der Waals surface area contributed by atoms with Crippen molar-refractivity contribution < 1.29 is 52.3 Å². The van der Waals surface area contributed by atoms with E-state index in [1.807, 2.05) is 4.98 Å². The molecule has 2 aromatic rings. The molecule has 4 heterocycles. The predicted molar refractivity (Wildman–Crippen MR) is 128 cm³/mol. The third-order valence-electron chi connectivity index (χ3n) is 6.48. The van der Waals surface area contributed by atoms with Gasteiger partial charge in [-0.3, -0.25) is 28.0 Å². The predicted octanol–water partition coefficient (Wildman–Crippen LogP) is -2.66. The largest absolute Gasteiger partial charge is 0.756 e. The molecule has 0 saturated carbocycles. The van der Waals surface area contributed by atoms with Crippen LogP contribution in [-0.4, -0.2) is 69.4 Å². The van der Waals surface area contributed by atoms with E-state index in [1.54, 1.807) is 0 Å². The molecule has 40 heavy (non-hydrogen) atoms. The number of aliphatic hydroxyl groups excluding tert-OH is 1. The van der Waals surface area contributed by atoms with E-state index < -0.39 is 88.4 Å². The average molecular weight is 610 g/mol. The topological polar surface area (TPSA) is 291 Å². The van der Waals surface area contributed by atoms with Gasteiger partial charge in [0, 0.05) is 37.2 Å². The fourth-order valence-electron chi connectivity index (χ4n) is 4.68. The monoisotopic (exact) mass is 610 g/mol. The van der Waals surface area contributed by atoms with E-state index in [4.69, 9.17) is 19.7 Å². The molecule has 4 rings (SSSR count). The summed E-state index contributed by atoms with van der Waals surface area (Å²) < 4.78 is 46.4. The van der Waals surface area contributed by atoms with Crippen LogP contribution in [0.5, 0.6) is 0 Å². The molecule has 21 heteroatoms. The molecule has 2 fully saturated rings. The van der Waals surface area contributed by atoms with Crippen molar-refractivity contribution in [1.29, 1.82) is 0 Å². The molecule has 7 atom stereocenters. The number of phosphoric ester groups is 2. The van der Waals surface area contributed by atoms with E-state index in [-0.39, 0.29) is 17.8 Å². The van der Waals surface area contributed by atoms with Crippen molar-refractivity contribution in [2.75, 3.05) is 12.3 Å². The minimum absolute atomic E-state index is 0.0611. The van der Waals surface area contributed by atoms with Gasteiger partial charge in [-0.1, -0.05) is 0 Å². The smallest absolute Gasteiger partial charge is 0.469 e. The first-order valence-corrected chi connectivity index (χ1v) is 14.6. The van der Waals surface area contributed by atoms with Gasteiger partial charge in [-0.15, -0.1) is 0 Å². The zero-order chi connectivity index (χ0) is 29.6. The molecule has 2 saturated heterocycles. The summed E-state index contributed by atoms with van der Waals surface area (Å²) in [6, 6.07) is 1.31. The molecular weight excluding hydrogens is 584 g/mol. The Morgan fingerprint density at radius 1 is 1.23 bits per heavy atom. The number of H-pyrrole nitrogens is 1. The summed E-state index contributed by atoms with van der Waals surface area (Å²) in [5.41, 5.74) is 0.923. The summed E-state index contributed by atoms with van der Waals surface area (Å²) in [6.07, 6.45) is -5.70. The fourth-order valence-corrected chi connectivity index (χ4v) is 5.66. The minimum Gasteiger partial charge on any atom is -0.756 e. The second kappa shape index (κ2) is 11.0. The van der Waals surface area contributed by atoms with Crippen LogP contribution in [0.15, 0.2) is 32.8 Å². The molecule has 0 radical (unpaired) electrons. The lowest BCUT2D eigenvalue weighted by Crippen LogP contribution is -2.49. The quantitative estimate of drug-likeness (QED) is 0.158. The number of nitrogens with one attached hydrogen (secondary N) is 1. The lowest BCUT2D eigenvalue weighted by molar-refractivity contribution is -0.232. The number of aliphatic hydroxyl groups is 1. The number of rotatable bonds is 9. The average Bonchev–Trinajstić information content (AvgIpc) is 3.33. The van der Waals surface area contributed by atoms with Crippen LogP contribution in [0.4, 0.5) is 5.82 Å². The van der Waals surface area contributed by atoms with Crippen LogP contribution in [0.3, 0.4) is 0 Å². The molecule has 2 aliphatic rings. The van der Waals surface area contributed by atoms with Gasteiger partial charge in [-0.2, -0.15) is 4.98 Å². The SMILES string of the molecule is Cc1cn(C2CC(OP(=O)([O-])O)C(COP(=O)(O)O)(CC3OC(n4ccc(N)nc4=O)CC3O)O2)c(=O)[nH]c1=O. The first-order chi connectivity index (χ1) is 18.5. The summed E-state index contributed by atoms with van der Waals surface area (Å²) in [5, 5.41) is 10.7. The lowest BCUT2D eigenvalue weighted by Gasteiger charge is -2.37. The Hall–Kier alpha value is -2.54.